The van der Waals surface area contributed by atoms with Crippen molar-refractivity contribution in [3.8, 4) is 0 Å². The average Bonchev–Trinajstić information content (AvgIpc) is 3.16. The number of carboxylic acids is 2. The van der Waals surface area contributed by atoms with E-state index in [0.29, 0.717) is 11.1 Å². The van der Waals surface area contributed by atoms with E-state index in [1.54, 1.807) is 12.1 Å². The number of aromatic nitrogens is 2. The van der Waals surface area contributed by atoms with Gasteiger partial charge in [-0.3, -0.25) is 9.59 Å². The Hall–Kier alpha value is -3.62. The second-order valence-corrected chi connectivity index (χ2v) is 10.8. The SMILES string of the molecule is CN(C)CCc1c[nH]c2cccc([C@@]3(C(=O)O)C[C@]3(C(=O)O)c3cccc4[nH]cc(CCN(C)C)c34)c12. The molecule has 2 aromatic carbocycles. The molecule has 1 aliphatic rings. The lowest BCUT2D eigenvalue weighted by atomic mass is 9.78. The van der Waals surface area contributed by atoms with Gasteiger partial charge < -0.3 is 30.0 Å². The number of aliphatic carboxylic acids is 2. The van der Waals surface area contributed by atoms with Crippen molar-refractivity contribution in [1.82, 2.24) is 19.8 Å². The lowest BCUT2D eigenvalue weighted by Crippen LogP contribution is -2.36. The Morgan fingerprint density at radius 1 is 0.757 bits per heavy atom. The topological polar surface area (TPSA) is 113 Å². The molecule has 1 aliphatic carbocycles. The molecule has 8 nitrogen and oxygen atoms in total. The summed E-state index contributed by atoms with van der Waals surface area (Å²) in [6.07, 6.45) is 5.29. The van der Waals surface area contributed by atoms with E-state index < -0.39 is 22.8 Å². The predicted octanol–water partition coefficient (Wildman–Crippen LogP) is 3.61. The highest BCUT2D eigenvalue weighted by Gasteiger charge is 2.79. The fourth-order valence-electron chi connectivity index (χ4n) is 6.06. The van der Waals surface area contributed by atoms with Gasteiger partial charge in [0, 0.05) is 47.3 Å². The van der Waals surface area contributed by atoms with Gasteiger partial charge in [-0.1, -0.05) is 24.3 Å². The summed E-state index contributed by atoms with van der Waals surface area (Å²) in [5.74, 6) is -2.21. The maximum absolute atomic E-state index is 13.2. The second kappa shape index (κ2) is 9.04. The fourth-order valence-corrected chi connectivity index (χ4v) is 6.06. The van der Waals surface area contributed by atoms with Gasteiger partial charge in [-0.25, -0.2) is 0 Å². The number of aromatic amines is 2. The summed E-state index contributed by atoms with van der Waals surface area (Å²) >= 11 is 0. The smallest absolute Gasteiger partial charge is 0.315 e. The van der Waals surface area contributed by atoms with Crippen LogP contribution in [0.15, 0.2) is 48.8 Å². The third-order valence-electron chi connectivity index (χ3n) is 8.02. The molecule has 5 rings (SSSR count). The number of nitrogens with one attached hydrogen (secondary N) is 2. The molecule has 0 aliphatic heterocycles. The highest BCUT2D eigenvalue weighted by molar-refractivity contribution is 6.09. The average molecular weight is 503 g/mol. The molecule has 0 unspecified atom stereocenters. The van der Waals surface area contributed by atoms with Gasteiger partial charge in [0.15, 0.2) is 0 Å². The van der Waals surface area contributed by atoms with Crippen LogP contribution < -0.4 is 0 Å². The van der Waals surface area contributed by atoms with Crippen molar-refractivity contribution < 1.29 is 19.8 Å². The van der Waals surface area contributed by atoms with Crippen molar-refractivity contribution in [3.05, 3.63) is 71.0 Å². The predicted molar refractivity (Wildman–Crippen MR) is 144 cm³/mol. The van der Waals surface area contributed by atoms with Gasteiger partial charge in [0.1, 0.15) is 10.8 Å². The second-order valence-electron chi connectivity index (χ2n) is 10.8. The molecule has 4 N–H and O–H groups in total. The largest absolute Gasteiger partial charge is 0.481 e. The molecule has 37 heavy (non-hydrogen) atoms. The van der Waals surface area contributed by atoms with Crippen molar-refractivity contribution in [1.29, 1.82) is 0 Å². The van der Waals surface area contributed by atoms with Crippen molar-refractivity contribution in [3.63, 3.8) is 0 Å². The van der Waals surface area contributed by atoms with Crippen LogP contribution in [-0.2, 0) is 33.3 Å². The van der Waals surface area contributed by atoms with E-state index in [2.05, 4.69) is 19.8 Å². The Balaban J connectivity index is 1.74. The van der Waals surface area contributed by atoms with Crippen LogP contribution in [0.4, 0.5) is 0 Å². The third kappa shape index (κ3) is 3.74. The first kappa shape index (κ1) is 25.0. The van der Waals surface area contributed by atoms with Crippen LogP contribution in [0, 0.1) is 0 Å². The third-order valence-corrected chi connectivity index (χ3v) is 8.02. The normalized spacial score (nSPS) is 21.4. The van der Waals surface area contributed by atoms with E-state index >= 15 is 0 Å². The molecule has 0 saturated heterocycles. The summed E-state index contributed by atoms with van der Waals surface area (Å²) < 4.78 is 0. The number of rotatable bonds is 10. The van der Waals surface area contributed by atoms with E-state index in [1.165, 1.54) is 0 Å². The van der Waals surface area contributed by atoms with E-state index in [4.69, 9.17) is 0 Å². The van der Waals surface area contributed by atoms with Crippen LogP contribution in [0.25, 0.3) is 21.8 Å². The Bertz CT molecular complexity index is 1390. The zero-order valence-electron chi connectivity index (χ0n) is 21.8. The van der Waals surface area contributed by atoms with E-state index in [0.717, 1.165) is 58.9 Å². The van der Waals surface area contributed by atoms with Gasteiger partial charge in [-0.15, -0.1) is 0 Å². The van der Waals surface area contributed by atoms with Crippen molar-refractivity contribution in [2.45, 2.75) is 30.1 Å². The molecule has 1 fully saturated rings. The standard InChI is InChI=1S/C29H34N4O4/c1-32(2)13-11-18-15-30-22-9-5-7-20(24(18)22)28(26(34)35)17-29(28,27(36)37)21-8-6-10-23-25(21)19(16-31-23)12-14-33(3)4/h5-10,15-16,30-31H,11-14,17H2,1-4H3,(H,34,35)(H,36,37)/t28-,29-/m1/s1. The van der Waals surface area contributed by atoms with E-state index in [9.17, 15) is 19.8 Å². The molecule has 8 heteroatoms. The van der Waals surface area contributed by atoms with Gasteiger partial charge in [-0.2, -0.15) is 0 Å². The maximum Gasteiger partial charge on any atom is 0.315 e. The zero-order valence-corrected chi connectivity index (χ0v) is 21.8. The molecule has 4 aromatic rings. The quantitative estimate of drug-likeness (QED) is 0.264. The summed E-state index contributed by atoms with van der Waals surface area (Å²) in [5.41, 5.74) is 1.61. The van der Waals surface area contributed by atoms with E-state index in [1.807, 2.05) is 64.8 Å². The lowest BCUT2D eigenvalue weighted by Gasteiger charge is -2.23. The number of likely N-dealkylation sites (N-methyl/N-ethyl adjacent to an activating group) is 2. The van der Waals surface area contributed by atoms with Crippen LogP contribution in [0.1, 0.15) is 28.7 Å². The van der Waals surface area contributed by atoms with Gasteiger partial charge in [-0.05, 0) is 81.8 Å². The van der Waals surface area contributed by atoms with Crippen molar-refractivity contribution >= 4 is 33.7 Å². The molecule has 0 radical (unpaired) electrons. The Labute approximate surface area is 215 Å². The molecule has 194 valence electrons. The van der Waals surface area contributed by atoms with Crippen LogP contribution >= 0.6 is 0 Å². The number of carboxylic acid groups (broad SMARTS) is 2. The van der Waals surface area contributed by atoms with Crippen LogP contribution in [0.5, 0.6) is 0 Å². The summed E-state index contributed by atoms with van der Waals surface area (Å²) in [5, 5.41) is 23.2. The highest BCUT2D eigenvalue weighted by atomic mass is 16.4. The Morgan fingerprint density at radius 2 is 1.16 bits per heavy atom. The summed E-state index contributed by atoms with van der Waals surface area (Å²) in [6, 6.07) is 11.1. The zero-order chi connectivity index (χ0) is 26.5. The maximum atomic E-state index is 13.2. The van der Waals surface area contributed by atoms with E-state index in [-0.39, 0.29) is 6.42 Å². The minimum absolute atomic E-state index is 0.000502. The van der Waals surface area contributed by atoms with Gasteiger partial charge in [0.05, 0.1) is 0 Å². The number of nitrogens with zero attached hydrogens (tertiary/aromatic N) is 2. The molecular formula is C29H34N4O4. The Kier molecular flexibility index (Phi) is 6.12. The number of hydrogen-bond acceptors (Lipinski definition) is 4. The first-order chi connectivity index (χ1) is 17.6. The lowest BCUT2D eigenvalue weighted by molar-refractivity contribution is -0.147. The number of fused-ring (bicyclic) bond motifs is 2. The molecule has 2 aromatic heterocycles. The molecule has 2 atom stereocenters. The first-order valence-electron chi connectivity index (χ1n) is 12.6. The first-order valence-corrected chi connectivity index (χ1v) is 12.6. The number of hydrogen-bond donors (Lipinski definition) is 4. The summed E-state index contributed by atoms with van der Waals surface area (Å²) in [6.45, 7) is 1.59. The van der Waals surface area contributed by atoms with Gasteiger partial charge >= 0.3 is 11.9 Å². The van der Waals surface area contributed by atoms with Crippen LogP contribution in [0.2, 0.25) is 0 Å². The number of carbonyl (C=O) groups is 2. The number of H-pyrrole nitrogens is 2. The highest BCUT2D eigenvalue weighted by Crippen LogP contribution is 2.68. The molecule has 0 amide bonds. The molecule has 1 saturated carbocycles. The van der Waals surface area contributed by atoms with Crippen molar-refractivity contribution in [2.75, 3.05) is 41.3 Å². The summed E-state index contributed by atoms with van der Waals surface area (Å²) in [4.78, 5) is 37.1. The van der Waals surface area contributed by atoms with Gasteiger partial charge in [0.2, 0.25) is 0 Å². The number of benzene rings is 2. The van der Waals surface area contributed by atoms with Crippen LogP contribution in [0.3, 0.4) is 0 Å². The fraction of sp³-hybridized carbons (Fsp3) is 0.379. The monoisotopic (exact) mass is 502 g/mol. The molecular weight excluding hydrogens is 468 g/mol. The minimum atomic E-state index is -1.59. The van der Waals surface area contributed by atoms with Crippen molar-refractivity contribution in [2.24, 2.45) is 0 Å². The molecule has 0 spiro atoms. The molecule has 2 heterocycles. The molecule has 0 bridgehead atoms. The van der Waals surface area contributed by atoms with Crippen LogP contribution in [-0.4, -0.2) is 83.2 Å². The summed E-state index contributed by atoms with van der Waals surface area (Å²) in [7, 11) is 7.99. The minimum Gasteiger partial charge on any atom is -0.481 e. The Morgan fingerprint density at radius 3 is 1.51 bits per heavy atom. The van der Waals surface area contributed by atoms with Gasteiger partial charge in [0.25, 0.3) is 0 Å².